The Morgan fingerprint density at radius 2 is 1.81 bits per heavy atom. The smallest absolute Gasteiger partial charge is 0.115 e. The third-order valence-electron chi connectivity index (χ3n) is 3.45. The number of para-hydroxylation sites is 1. The lowest BCUT2D eigenvalue weighted by Crippen LogP contribution is -2.15. The van der Waals surface area contributed by atoms with Crippen LogP contribution in [0.5, 0.6) is 5.75 Å². The number of hydrogen-bond acceptors (Lipinski definition) is 3. The van der Waals surface area contributed by atoms with Gasteiger partial charge in [-0.15, -0.1) is 0 Å². The lowest BCUT2D eigenvalue weighted by Gasteiger charge is -2.14. The number of rotatable bonds is 3. The highest BCUT2D eigenvalue weighted by atomic mass is 79.9. The van der Waals surface area contributed by atoms with E-state index in [2.05, 4.69) is 20.9 Å². The summed E-state index contributed by atoms with van der Waals surface area (Å²) in [7, 11) is 0. The van der Waals surface area contributed by atoms with E-state index in [1.54, 1.807) is 12.1 Å². The Morgan fingerprint density at radius 1 is 1.10 bits per heavy atom. The van der Waals surface area contributed by atoms with Crippen LogP contribution in [0, 0.1) is 0 Å². The molecule has 0 bridgehead atoms. The van der Waals surface area contributed by atoms with Crippen LogP contribution in [0.4, 0.5) is 0 Å². The molecule has 3 rings (SSSR count). The summed E-state index contributed by atoms with van der Waals surface area (Å²) in [6.45, 7) is 0. The predicted molar refractivity (Wildman–Crippen MR) is 88.2 cm³/mol. The van der Waals surface area contributed by atoms with Gasteiger partial charge in [0, 0.05) is 9.86 Å². The molecule has 0 saturated carbocycles. The number of aromatic hydroxyl groups is 1. The standard InChI is InChI=1S/C17H15BrN2O/c18-14-10-12-3-1-2-4-16(12)20-17(14)15(19)9-11-5-7-13(21)8-6-11/h1-8,10,15,21H,9,19H2. The number of nitrogens with two attached hydrogens (primary N) is 1. The largest absolute Gasteiger partial charge is 0.508 e. The van der Waals surface area contributed by atoms with E-state index in [0.717, 1.165) is 26.6 Å². The quantitative estimate of drug-likeness (QED) is 0.757. The molecular weight excluding hydrogens is 328 g/mol. The molecule has 3 aromatic rings. The Bertz CT molecular complexity index is 771. The van der Waals surface area contributed by atoms with Gasteiger partial charge < -0.3 is 10.8 Å². The van der Waals surface area contributed by atoms with Crippen molar-refractivity contribution in [1.82, 2.24) is 4.98 Å². The van der Waals surface area contributed by atoms with Crippen LogP contribution in [-0.2, 0) is 6.42 Å². The second-order valence-electron chi connectivity index (χ2n) is 5.03. The van der Waals surface area contributed by atoms with Crippen LogP contribution in [0.3, 0.4) is 0 Å². The van der Waals surface area contributed by atoms with Gasteiger partial charge in [0.2, 0.25) is 0 Å². The predicted octanol–water partition coefficient (Wildman–Crippen LogP) is 3.95. The van der Waals surface area contributed by atoms with Crippen LogP contribution < -0.4 is 5.73 Å². The average molecular weight is 343 g/mol. The maximum atomic E-state index is 9.32. The topological polar surface area (TPSA) is 59.1 Å². The van der Waals surface area contributed by atoms with Crippen LogP contribution in [0.15, 0.2) is 59.1 Å². The van der Waals surface area contributed by atoms with Crippen molar-refractivity contribution in [3.05, 3.63) is 70.3 Å². The second kappa shape index (κ2) is 5.84. The maximum absolute atomic E-state index is 9.32. The minimum absolute atomic E-state index is 0.200. The molecule has 21 heavy (non-hydrogen) atoms. The van der Waals surface area contributed by atoms with E-state index in [0.29, 0.717) is 6.42 Å². The van der Waals surface area contributed by atoms with Crippen molar-refractivity contribution in [2.75, 3.05) is 0 Å². The summed E-state index contributed by atoms with van der Waals surface area (Å²) in [5.41, 5.74) is 9.16. The van der Waals surface area contributed by atoms with E-state index in [9.17, 15) is 5.11 Å². The number of fused-ring (bicyclic) bond motifs is 1. The Labute approximate surface area is 131 Å². The number of nitrogens with zero attached hydrogens (tertiary/aromatic N) is 1. The van der Waals surface area contributed by atoms with Crippen molar-refractivity contribution in [2.45, 2.75) is 12.5 Å². The summed E-state index contributed by atoms with van der Waals surface area (Å²) >= 11 is 3.56. The number of phenols is 1. The maximum Gasteiger partial charge on any atom is 0.115 e. The molecule has 0 aliphatic carbocycles. The van der Waals surface area contributed by atoms with Crippen molar-refractivity contribution < 1.29 is 5.11 Å². The summed E-state index contributed by atoms with van der Waals surface area (Å²) in [5.74, 6) is 0.261. The molecule has 0 aliphatic rings. The molecule has 0 radical (unpaired) electrons. The van der Waals surface area contributed by atoms with Crippen LogP contribution in [0.1, 0.15) is 17.3 Å². The summed E-state index contributed by atoms with van der Waals surface area (Å²) < 4.78 is 0.924. The summed E-state index contributed by atoms with van der Waals surface area (Å²) in [5, 5.41) is 10.4. The number of phenolic OH excluding ortho intramolecular Hbond substituents is 1. The molecular formula is C17H15BrN2O. The number of aromatic nitrogens is 1. The third-order valence-corrected chi connectivity index (χ3v) is 4.08. The van der Waals surface area contributed by atoms with Crippen molar-refractivity contribution in [3.8, 4) is 5.75 Å². The van der Waals surface area contributed by atoms with Crippen LogP contribution >= 0.6 is 15.9 Å². The van der Waals surface area contributed by atoms with E-state index in [4.69, 9.17) is 5.73 Å². The molecule has 3 nitrogen and oxygen atoms in total. The van der Waals surface area contributed by atoms with Gasteiger partial charge in [0.1, 0.15) is 5.75 Å². The Hall–Kier alpha value is -1.91. The van der Waals surface area contributed by atoms with Crippen molar-refractivity contribution in [3.63, 3.8) is 0 Å². The number of benzene rings is 2. The molecule has 1 heterocycles. The number of halogens is 1. The minimum atomic E-state index is -0.200. The molecule has 106 valence electrons. The van der Waals surface area contributed by atoms with Crippen LogP contribution in [0.25, 0.3) is 10.9 Å². The van der Waals surface area contributed by atoms with Crippen molar-refractivity contribution in [1.29, 1.82) is 0 Å². The van der Waals surface area contributed by atoms with E-state index in [-0.39, 0.29) is 11.8 Å². The van der Waals surface area contributed by atoms with Gasteiger partial charge in [-0.2, -0.15) is 0 Å². The molecule has 0 aliphatic heterocycles. The first kappa shape index (κ1) is 14.0. The highest BCUT2D eigenvalue weighted by Gasteiger charge is 2.13. The Kier molecular flexibility index (Phi) is 3.90. The molecule has 0 spiro atoms. The van der Waals surface area contributed by atoms with Gasteiger partial charge in [0.25, 0.3) is 0 Å². The zero-order valence-electron chi connectivity index (χ0n) is 11.3. The first-order valence-corrected chi connectivity index (χ1v) is 7.51. The lowest BCUT2D eigenvalue weighted by atomic mass is 10.0. The normalized spacial score (nSPS) is 12.5. The van der Waals surface area contributed by atoms with Gasteiger partial charge in [-0.3, -0.25) is 0 Å². The van der Waals surface area contributed by atoms with Gasteiger partial charge in [0.05, 0.1) is 17.3 Å². The zero-order chi connectivity index (χ0) is 14.8. The van der Waals surface area contributed by atoms with Gasteiger partial charge in [-0.05, 0) is 52.2 Å². The van der Waals surface area contributed by atoms with Crippen LogP contribution in [-0.4, -0.2) is 10.1 Å². The van der Waals surface area contributed by atoms with E-state index in [1.807, 2.05) is 42.5 Å². The molecule has 2 aromatic carbocycles. The van der Waals surface area contributed by atoms with E-state index in [1.165, 1.54) is 0 Å². The third kappa shape index (κ3) is 3.06. The van der Waals surface area contributed by atoms with E-state index >= 15 is 0 Å². The minimum Gasteiger partial charge on any atom is -0.508 e. The summed E-state index contributed by atoms with van der Waals surface area (Å²) in [6.07, 6.45) is 0.671. The van der Waals surface area contributed by atoms with Gasteiger partial charge in [0.15, 0.2) is 0 Å². The fourth-order valence-corrected chi connectivity index (χ4v) is 2.98. The molecule has 0 amide bonds. The molecule has 0 fully saturated rings. The molecule has 4 heteroatoms. The fraction of sp³-hybridized carbons (Fsp3) is 0.118. The average Bonchev–Trinajstić information content (AvgIpc) is 2.49. The highest BCUT2D eigenvalue weighted by molar-refractivity contribution is 9.10. The van der Waals surface area contributed by atoms with Crippen molar-refractivity contribution in [2.24, 2.45) is 5.73 Å². The summed E-state index contributed by atoms with van der Waals surface area (Å²) in [4.78, 5) is 4.67. The van der Waals surface area contributed by atoms with Gasteiger partial charge in [-0.1, -0.05) is 30.3 Å². The lowest BCUT2D eigenvalue weighted by molar-refractivity contribution is 0.475. The molecule has 0 saturated heterocycles. The SMILES string of the molecule is NC(Cc1ccc(O)cc1)c1nc2ccccc2cc1Br. The monoisotopic (exact) mass is 342 g/mol. The fourth-order valence-electron chi connectivity index (χ4n) is 2.35. The Morgan fingerprint density at radius 3 is 2.57 bits per heavy atom. The molecule has 1 unspecified atom stereocenters. The summed E-state index contributed by atoms with van der Waals surface area (Å²) in [6, 6.07) is 16.9. The molecule has 1 atom stereocenters. The number of hydrogen-bond donors (Lipinski definition) is 2. The number of pyridine rings is 1. The molecule has 3 N–H and O–H groups in total. The van der Waals surface area contributed by atoms with Crippen LogP contribution in [0.2, 0.25) is 0 Å². The zero-order valence-corrected chi connectivity index (χ0v) is 12.9. The first-order valence-electron chi connectivity index (χ1n) is 6.72. The second-order valence-corrected chi connectivity index (χ2v) is 5.88. The molecule has 1 aromatic heterocycles. The van der Waals surface area contributed by atoms with Crippen molar-refractivity contribution >= 4 is 26.8 Å². The van der Waals surface area contributed by atoms with Gasteiger partial charge >= 0.3 is 0 Å². The van der Waals surface area contributed by atoms with Gasteiger partial charge in [-0.25, -0.2) is 4.98 Å². The highest BCUT2D eigenvalue weighted by Crippen LogP contribution is 2.27. The van der Waals surface area contributed by atoms with E-state index < -0.39 is 0 Å². The Balaban J connectivity index is 1.91. The first-order chi connectivity index (χ1) is 10.1.